The van der Waals surface area contributed by atoms with Crippen molar-refractivity contribution in [3.63, 3.8) is 0 Å². The number of benzene rings is 1. The zero-order valence-corrected chi connectivity index (χ0v) is 22.4. The molecule has 1 amide bonds. The van der Waals surface area contributed by atoms with Gasteiger partial charge in [-0.25, -0.2) is 4.98 Å². The molecular weight excluding hydrogens is 476 g/mol. The highest BCUT2D eigenvalue weighted by Gasteiger charge is 2.27. The molecule has 3 aromatic rings. The number of piperidine rings is 1. The van der Waals surface area contributed by atoms with E-state index in [1.807, 2.05) is 42.4 Å². The van der Waals surface area contributed by atoms with Gasteiger partial charge in [-0.1, -0.05) is 30.5 Å². The van der Waals surface area contributed by atoms with E-state index in [0.717, 1.165) is 79.7 Å². The molecule has 2 saturated carbocycles. The lowest BCUT2D eigenvalue weighted by molar-refractivity contribution is 0.0718. The van der Waals surface area contributed by atoms with Gasteiger partial charge in [-0.2, -0.15) is 9.97 Å². The van der Waals surface area contributed by atoms with E-state index in [2.05, 4.69) is 15.2 Å². The van der Waals surface area contributed by atoms with Crippen LogP contribution in [0.2, 0.25) is 0 Å². The molecule has 4 N–H and O–H groups in total. The highest BCUT2D eigenvalue weighted by molar-refractivity contribution is 5.94. The van der Waals surface area contributed by atoms with Crippen molar-refractivity contribution in [1.29, 1.82) is 0 Å². The normalized spacial score (nSPS) is 23.2. The number of nitrogens with zero attached hydrogens (tertiary/aromatic N) is 5. The molecule has 2 aromatic heterocycles. The third kappa shape index (κ3) is 5.34. The Labute approximate surface area is 224 Å². The van der Waals surface area contributed by atoms with Gasteiger partial charge in [0.05, 0.1) is 6.33 Å². The number of nitrogens with two attached hydrogens (primary N) is 1. The number of nitrogens with one attached hydrogen (secondary N) is 2. The van der Waals surface area contributed by atoms with Crippen LogP contribution in [0.25, 0.3) is 11.2 Å². The molecule has 9 heteroatoms. The first kappa shape index (κ1) is 25.1. The predicted molar refractivity (Wildman–Crippen MR) is 150 cm³/mol. The van der Waals surface area contributed by atoms with E-state index in [4.69, 9.17) is 20.7 Å². The molecule has 0 bridgehead atoms. The van der Waals surface area contributed by atoms with Crippen molar-refractivity contribution in [2.45, 2.75) is 95.3 Å². The smallest absolute Gasteiger partial charge is 0.253 e. The number of hydrogen-bond acceptors (Lipinski definition) is 7. The topological polar surface area (TPSA) is 114 Å². The number of aryl methyl sites for hydroxylation is 1. The van der Waals surface area contributed by atoms with Crippen molar-refractivity contribution in [2.24, 2.45) is 5.73 Å². The van der Waals surface area contributed by atoms with Crippen LogP contribution in [0.15, 0.2) is 30.6 Å². The van der Waals surface area contributed by atoms with E-state index in [0.29, 0.717) is 24.1 Å². The minimum atomic E-state index is 0.113. The highest BCUT2D eigenvalue weighted by atomic mass is 16.2. The maximum absolute atomic E-state index is 13.0. The van der Waals surface area contributed by atoms with Crippen molar-refractivity contribution in [3.8, 4) is 0 Å². The second-order valence-corrected chi connectivity index (χ2v) is 11.5. The number of carbonyl (C=O) groups is 1. The largest absolute Gasteiger partial charge is 0.365 e. The molecule has 0 spiro atoms. The summed E-state index contributed by atoms with van der Waals surface area (Å²) < 4.78 is 2.26. The van der Waals surface area contributed by atoms with Crippen LogP contribution in [0, 0.1) is 6.92 Å². The first-order valence-electron chi connectivity index (χ1n) is 14.4. The molecule has 1 saturated heterocycles. The molecule has 3 fully saturated rings. The van der Waals surface area contributed by atoms with Crippen molar-refractivity contribution in [2.75, 3.05) is 23.7 Å². The third-order valence-corrected chi connectivity index (χ3v) is 8.67. The summed E-state index contributed by atoms with van der Waals surface area (Å²) >= 11 is 0. The summed E-state index contributed by atoms with van der Waals surface area (Å²) in [5.74, 6) is 1.58. The summed E-state index contributed by atoms with van der Waals surface area (Å²) in [5, 5.41) is 7.31. The van der Waals surface area contributed by atoms with Gasteiger partial charge in [0, 0.05) is 42.8 Å². The van der Waals surface area contributed by atoms with Crippen LogP contribution < -0.4 is 16.4 Å². The number of hydrogen-bond donors (Lipinski definition) is 3. The van der Waals surface area contributed by atoms with Gasteiger partial charge in [0.2, 0.25) is 5.95 Å². The van der Waals surface area contributed by atoms with Crippen molar-refractivity contribution < 1.29 is 4.79 Å². The van der Waals surface area contributed by atoms with Crippen LogP contribution in [0.5, 0.6) is 0 Å². The van der Waals surface area contributed by atoms with Gasteiger partial charge >= 0.3 is 0 Å². The van der Waals surface area contributed by atoms with Gasteiger partial charge < -0.3 is 25.8 Å². The summed E-state index contributed by atoms with van der Waals surface area (Å²) in [7, 11) is 0. The van der Waals surface area contributed by atoms with E-state index in [9.17, 15) is 4.79 Å². The zero-order chi connectivity index (χ0) is 26.1. The summed E-state index contributed by atoms with van der Waals surface area (Å²) in [4.78, 5) is 29.7. The maximum Gasteiger partial charge on any atom is 0.253 e. The molecule has 0 atom stereocenters. The Morgan fingerprint density at radius 3 is 2.29 bits per heavy atom. The molecular formula is C29H40N8O. The molecule has 0 unspecified atom stereocenters. The second-order valence-electron chi connectivity index (χ2n) is 11.5. The second kappa shape index (κ2) is 10.9. The summed E-state index contributed by atoms with van der Waals surface area (Å²) in [5.41, 5.74) is 9.81. The Balaban J connectivity index is 1.19. The Morgan fingerprint density at radius 1 is 0.895 bits per heavy atom. The number of carbonyl (C=O) groups excluding carboxylic acids is 1. The van der Waals surface area contributed by atoms with E-state index in [-0.39, 0.29) is 11.9 Å². The molecule has 38 heavy (non-hydrogen) atoms. The molecule has 3 aliphatic rings. The monoisotopic (exact) mass is 516 g/mol. The fourth-order valence-electron chi connectivity index (χ4n) is 6.28. The average molecular weight is 517 g/mol. The van der Waals surface area contributed by atoms with Gasteiger partial charge in [0.15, 0.2) is 17.0 Å². The first-order valence-corrected chi connectivity index (χ1v) is 14.4. The third-order valence-electron chi connectivity index (χ3n) is 8.67. The van der Waals surface area contributed by atoms with Crippen LogP contribution in [0.4, 0.5) is 11.8 Å². The zero-order valence-electron chi connectivity index (χ0n) is 22.4. The SMILES string of the molecule is Cc1ccc(C(=O)N2CCC(Nc3nc(NC4CCC(N)CC4)nc4c3ncn4C3CCCC3)CC2)cc1. The number of aromatic nitrogens is 4. The molecule has 0 radical (unpaired) electrons. The molecule has 6 rings (SSSR count). The van der Waals surface area contributed by atoms with Crippen LogP contribution in [-0.4, -0.2) is 61.5 Å². The van der Waals surface area contributed by atoms with Crippen LogP contribution in [0.1, 0.15) is 86.2 Å². The standard InChI is InChI=1S/C29H40N8O/c1-19-6-8-20(9-7-19)28(38)36-16-14-23(15-17-36)32-26-25-27(37(18-31-25)24-4-2-3-5-24)35-29(34-26)33-22-12-10-21(30)11-13-22/h6-9,18,21-24H,2-5,10-17,30H2,1H3,(H2,32,33,34,35). The summed E-state index contributed by atoms with van der Waals surface area (Å²) in [6, 6.07) is 9.19. The van der Waals surface area contributed by atoms with Gasteiger partial charge in [0.25, 0.3) is 5.91 Å². The van der Waals surface area contributed by atoms with Gasteiger partial charge in [-0.15, -0.1) is 0 Å². The Bertz CT molecular complexity index is 1250. The highest BCUT2D eigenvalue weighted by Crippen LogP contribution is 2.34. The number of anilines is 2. The molecule has 2 aliphatic carbocycles. The van der Waals surface area contributed by atoms with E-state index in [1.165, 1.54) is 25.7 Å². The quantitative estimate of drug-likeness (QED) is 0.437. The fraction of sp³-hybridized carbons (Fsp3) is 0.586. The van der Waals surface area contributed by atoms with Gasteiger partial charge in [-0.05, 0) is 70.4 Å². The molecule has 1 aliphatic heterocycles. The Kier molecular flexibility index (Phi) is 7.19. The maximum atomic E-state index is 13.0. The summed E-state index contributed by atoms with van der Waals surface area (Å²) in [6.07, 6.45) is 12.7. The number of imidazole rings is 1. The fourth-order valence-corrected chi connectivity index (χ4v) is 6.28. The van der Waals surface area contributed by atoms with Crippen LogP contribution >= 0.6 is 0 Å². The van der Waals surface area contributed by atoms with Crippen molar-refractivity contribution in [3.05, 3.63) is 41.7 Å². The number of fused-ring (bicyclic) bond motifs is 1. The predicted octanol–water partition coefficient (Wildman–Crippen LogP) is 4.65. The first-order chi connectivity index (χ1) is 18.5. The van der Waals surface area contributed by atoms with Gasteiger partial charge in [0.1, 0.15) is 0 Å². The molecule has 202 valence electrons. The lowest BCUT2D eigenvalue weighted by Crippen LogP contribution is -2.42. The molecule has 9 nitrogen and oxygen atoms in total. The lowest BCUT2D eigenvalue weighted by atomic mass is 9.92. The van der Waals surface area contributed by atoms with Crippen LogP contribution in [-0.2, 0) is 0 Å². The number of likely N-dealkylation sites (tertiary alicyclic amines) is 1. The van der Waals surface area contributed by atoms with Gasteiger partial charge in [-0.3, -0.25) is 4.79 Å². The average Bonchev–Trinajstić information content (AvgIpc) is 3.61. The van der Waals surface area contributed by atoms with Crippen molar-refractivity contribution >= 4 is 28.8 Å². The van der Waals surface area contributed by atoms with E-state index >= 15 is 0 Å². The van der Waals surface area contributed by atoms with E-state index in [1.54, 1.807) is 0 Å². The van der Waals surface area contributed by atoms with E-state index < -0.39 is 0 Å². The van der Waals surface area contributed by atoms with Crippen molar-refractivity contribution in [1.82, 2.24) is 24.4 Å². The number of amides is 1. The Hall–Kier alpha value is -3.20. The van der Waals surface area contributed by atoms with Crippen LogP contribution in [0.3, 0.4) is 0 Å². The minimum Gasteiger partial charge on any atom is -0.365 e. The molecule has 1 aromatic carbocycles. The molecule has 3 heterocycles. The summed E-state index contributed by atoms with van der Waals surface area (Å²) in [6.45, 7) is 3.49. The Morgan fingerprint density at radius 2 is 1.58 bits per heavy atom. The number of rotatable bonds is 6. The minimum absolute atomic E-state index is 0.113. The lowest BCUT2D eigenvalue weighted by Gasteiger charge is -2.33.